The highest BCUT2D eigenvalue weighted by Crippen LogP contribution is 2.27. The molecule has 0 fully saturated rings. The maximum absolute atomic E-state index is 13.1. The Bertz CT molecular complexity index is 1060. The predicted octanol–water partition coefficient (Wildman–Crippen LogP) is 4.58. The van der Waals surface area contributed by atoms with Crippen molar-refractivity contribution in [2.24, 2.45) is 0 Å². The third-order valence-electron chi connectivity index (χ3n) is 5.21. The SMILES string of the molecule is Cc1c(NC(=O)Cc2ccc(F)cc2)cccc1C(=O)N1CCc2sccc2C1. The molecule has 0 bridgehead atoms. The molecule has 0 saturated heterocycles. The van der Waals surface area contributed by atoms with E-state index in [1.165, 1.54) is 22.6 Å². The zero-order chi connectivity index (χ0) is 20.4. The highest BCUT2D eigenvalue weighted by atomic mass is 32.1. The molecule has 1 N–H and O–H groups in total. The van der Waals surface area contributed by atoms with Crippen molar-refractivity contribution in [1.82, 2.24) is 4.90 Å². The summed E-state index contributed by atoms with van der Waals surface area (Å²) in [7, 11) is 0. The van der Waals surface area contributed by atoms with E-state index in [4.69, 9.17) is 0 Å². The molecule has 0 unspecified atom stereocenters. The van der Waals surface area contributed by atoms with Crippen molar-refractivity contribution in [2.75, 3.05) is 11.9 Å². The molecular weight excluding hydrogens is 387 g/mol. The third kappa shape index (κ3) is 4.22. The van der Waals surface area contributed by atoms with Crippen LogP contribution in [0.3, 0.4) is 0 Å². The van der Waals surface area contributed by atoms with Gasteiger partial charge < -0.3 is 10.2 Å². The highest BCUT2D eigenvalue weighted by Gasteiger charge is 2.24. The topological polar surface area (TPSA) is 49.4 Å². The number of anilines is 1. The molecule has 1 aliphatic rings. The van der Waals surface area contributed by atoms with Gasteiger partial charge in [-0.15, -0.1) is 11.3 Å². The fraction of sp³-hybridized carbons (Fsp3) is 0.217. The molecule has 1 aromatic heterocycles. The van der Waals surface area contributed by atoms with Crippen LogP contribution >= 0.6 is 11.3 Å². The molecule has 0 atom stereocenters. The van der Waals surface area contributed by atoms with Crippen LogP contribution in [0, 0.1) is 12.7 Å². The molecule has 0 aliphatic carbocycles. The molecule has 2 amide bonds. The molecule has 148 valence electrons. The van der Waals surface area contributed by atoms with Gasteiger partial charge in [-0.3, -0.25) is 9.59 Å². The summed E-state index contributed by atoms with van der Waals surface area (Å²) in [4.78, 5) is 28.7. The quantitative estimate of drug-likeness (QED) is 0.687. The van der Waals surface area contributed by atoms with Gasteiger partial charge in [-0.2, -0.15) is 0 Å². The van der Waals surface area contributed by atoms with Gasteiger partial charge in [0.15, 0.2) is 0 Å². The Morgan fingerprint density at radius 2 is 1.93 bits per heavy atom. The third-order valence-corrected chi connectivity index (χ3v) is 6.23. The van der Waals surface area contributed by atoms with Crippen LogP contribution < -0.4 is 5.32 Å². The lowest BCUT2D eigenvalue weighted by atomic mass is 10.0. The fourth-order valence-corrected chi connectivity index (χ4v) is 4.47. The minimum atomic E-state index is -0.330. The van der Waals surface area contributed by atoms with Gasteiger partial charge in [-0.25, -0.2) is 4.39 Å². The van der Waals surface area contributed by atoms with Crippen LogP contribution in [0.15, 0.2) is 53.9 Å². The Hall–Kier alpha value is -2.99. The molecular formula is C23H21FN2O2S. The number of hydrogen-bond donors (Lipinski definition) is 1. The number of fused-ring (bicyclic) bond motifs is 1. The number of nitrogens with zero attached hydrogens (tertiary/aromatic N) is 1. The number of nitrogens with one attached hydrogen (secondary N) is 1. The van der Waals surface area contributed by atoms with E-state index in [1.807, 2.05) is 11.8 Å². The number of amides is 2. The van der Waals surface area contributed by atoms with Crippen LogP contribution in [-0.2, 0) is 24.2 Å². The van der Waals surface area contributed by atoms with Gasteiger partial charge in [0.1, 0.15) is 5.82 Å². The standard InChI is InChI=1S/C23H21FN2O2S/c1-15-19(23(28)26-11-9-21-17(14-26)10-12-29-21)3-2-4-20(15)25-22(27)13-16-5-7-18(24)8-6-16/h2-8,10,12H,9,11,13-14H2,1H3,(H,25,27). The van der Waals surface area contributed by atoms with Gasteiger partial charge in [0.2, 0.25) is 5.91 Å². The number of rotatable bonds is 4. The van der Waals surface area contributed by atoms with Gasteiger partial charge in [-0.05, 0) is 65.7 Å². The molecule has 2 heterocycles. The van der Waals surface area contributed by atoms with Crippen molar-refractivity contribution in [1.29, 1.82) is 0 Å². The first-order chi connectivity index (χ1) is 14.0. The van der Waals surface area contributed by atoms with E-state index in [0.717, 1.165) is 17.5 Å². The van der Waals surface area contributed by atoms with E-state index in [-0.39, 0.29) is 24.1 Å². The van der Waals surface area contributed by atoms with Crippen molar-refractivity contribution in [3.05, 3.63) is 86.9 Å². The summed E-state index contributed by atoms with van der Waals surface area (Å²) in [5.74, 6) is -0.553. The first-order valence-corrected chi connectivity index (χ1v) is 10.4. The molecule has 4 nitrogen and oxygen atoms in total. The average Bonchev–Trinajstić information content (AvgIpc) is 3.18. The Morgan fingerprint density at radius 3 is 2.72 bits per heavy atom. The molecule has 0 spiro atoms. The van der Waals surface area contributed by atoms with E-state index in [2.05, 4.69) is 16.8 Å². The molecule has 3 aromatic rings. The summed E-state index contributed by atoms with van der Waals surface area (Å²) in [6.07, 6.45) is 1.02. The van der Waals surface area contributed by atoms with Crippen LogP contribution in [0.5, 0.6) is 0 Å². The Morgan fingerprint density at radius 1 is 1.14 bits per heavy atom. The zero-order valence-corrected chi connectivity index (χ0v) is 16.9. The molecule has 0 saturated carbocycles. The number of carbonyl (C=O) groups excluding carboxylic acids is 2. The average molecular weight is 408 g/mol. The predicted molar refractivity (Wildman–Crippen MR) is 113 cm³/mol. The van der Waals surface area contributed by atoms with Crippen molar-refractivity contribution in [2.45, 2.75) is 26.3 Å². The largest absolute Gasteiger partial charge is 0.334 e. The number of benzene rings is 2. The Labute approximate surface area is 173 Å². The van der Waals surface area contributed by atoms with Crippen molar-refractivity contribution in [3.63, 3.8) is 0 Å². The lowest BCUT2D eigenvalue weighted by Gasteiger charge is -2.28. The van der Waals surface area contributed by atoms with E-state index >= 15 is 0 Å². The summed E-state index contributed by atoms with van der Waals surface area (Å²) in [6.45, 7) is 3.17. The van der Waals surface area contributed by atoms with Crippen LogP contribution in [0.25, 0.3) is 0 Å². The number of hydrogen-bond acceptors (Lipinski definition) is 3. The molecule has 0 radical (unpaired) electrons. The molecule has 2 aromatic carbocycles. The minimum Gasteiger partial charge on any atom is -0.334 e. The molecule has 4 rings (SSSR count). The van der Waals surface area contributed by atoms with Crippen LogP contribution in [0.4, 0.5) is 10.1 Å². The molecule has 6 heteroatoms. The van der Waals surface area contributed by atoms with Gasteiger partial charge in [-0.1, -0.05) is 18.2 Å². The summed E-state index contributed by atoms with van der Waals surface area (Å²) >= 11 is 1.74. The smallest absolute Gasteiger partial charge is 0.254 e. The first kappa shape index (κ1) is 19.3. The van der Waals surface area contributed by atoms with Crippen LogP contribution in [-0.4, -0.2) is 23.3 Å². The second-order valence-corrected chi connectivity index (χ2v) is 8.18. The molecule has 29 heavy (non-hydrogen) atoms. The summed E-state index contributed by atoms with van der Waals surface area (Å²) in [5, 5.41) is 4.95. The second-order valence-electron chi connectivity index (χ2n) is 7.18. The number of thiophene rings is 1. The summed E-state index contributed by atoms with van der Waals surface area (Å²) in [5.41, 5.74) is 3.92. The minimum absolute atomic E-state index is 0.0195. The Balaban J connectivity index is 1.47. The number of halogens is 1. The second kappa shape index (κ2) is 8.17. The maximum atomic E-state index is 13.1. The van der Waals surface area contributed by atoms with Gasteiger partial charge >= 0.3 is 0 Å². The summed E-state index contributed by atoms with van der Waals surface area (Å²) in [6, 6.07) is 13.3. The maximum Gasteiger partial charge on any atom is 0.254 e. The van der Waals surface area contributed by atoms with E-state index < -0.39 is 0 Å². The van der Waals surface area contributed by atoms with Crippen molar-refractivity contribution < 1.29 is 14.0 Å². The fourth-order valence-electron chi connectivity index (χ4n) is 3.58. The molecule has 1 aliphatic heterocycles. The van der Waals surface area contributed by atoms with Crippen molar-refractivity contribution in [3.8, 4) is 0 Å². The normalized spacial score (nSPS) is 13.1. The monoisotopic (exact) mass is 408 g/mol. The lowest BCUT2D eigenvalue weighted by molar-refractivity contribution is -0.115. The van der Waals surface area contributed by atoms with E-state index in [9.17, 15) is 14.0 Å². The first-order valence-electron chi connectivity index (χ1n) is 9.49. The van der Waals surface area contributed by atoms with E-state index in [0.29, 0.717) is 24.3 Å². The van der Waals surface area contributed by atoms with E-state index in [1.54, 1.807) is 41.7 Å². The van der Waals surface area contributed by atoms with Crippen LogP contribution in [0.1, 0.15) is 31.9 Å². The van der Waals surface area contributed by atoms with Gasteiger partial charge in [0.25, 0.3) is 5.91 Å². The highest BCUT2D eigenvalue weighted by molar-refractivity contribution is 7.10. The lowest BCUT2D eigenvalue weighted by Crippen LogP contribution is -2.35. The van der Waals surface area contributed by atoms with Crippen molar-refractivity contribution >= 4 is 28.8 Å². The van der Waals surface area contributed by atoms with Gasteiger partial charge in [0.05, 0.1) is 6.42 Å². The summed E-state index contributed by atoms with van der Waals surface area (Å²) < 4.78 is 13.0. The van der Waals surface area contributed by atoms with Crippen LogP contribution in [0.2, 0.25) is 0 Å². The Kier molecular flexibility index (Phi) is 5.45. The zero-order valence-electron chi connectivity index (χ0n) is 16.1. The van der Waals surface area contributed by atoms with Gasteiger partial charge in [0, 0.05) is 29.2 Å². The number of carbonyl (C=O) groups is 2.